The zero-order valence-electron chi connectivity index (χ0n) is 12.4. The Morgan fingerprint density at radius 1 is 1.43 bits per heavy atom. The lowest BCUT2D eigenvalue weighted by molar-refractivity contribution is -0.119. The Balaban J connectivity index is 1.95. The van der Waals surface area contributed by atoms with Gasteiger partial charge in [-0.3, -0.25) is 4.79 Å². The molecule has 2 heterocycles. The molecule has 0 spiro atoms. The number of cyclic esters (lactones) is 1. The standard InChI is InChI=1S/C16H20N2O3/c1-9-11(3-4-12-14(9)8-21-16(12)20)13-7-17-6-5-15(13)18-10(2)19/h3-4,13,15,17H,5-8H2,1-2H3,(H,18,19). The molecule has 5 heteroatoms. The highest BCUT2D eigenvalue weighted by atomic mass is 16.5. The van der Waals surface area contributed by atoms with Crippen LogP contribution < -0.4 is 10.6 Å². The number of benzene rings is 1. The highest BCUT2D eigenvalue weighted by molar-refractivity contribution is 5.94. The Hall–Kier alpha value is -1.88. The van der Waals surface area contributed by atoms with Crippen LogP contribution in [0.2, 0.25) is 0 Å². The van der Waals surface area contributed by atoms with Crippen molar-refractivity contribution in [1.82, 2.24) is 10.6 Å². The van der Waals surface area contributed by atoms with Crippen LogP contribution in [0.25, 0.3) is 0 Å². The van der Waals surface area contributed by atoms with E-state index in [4.69, 9.17) is 4.74 Å². The van der Waals surface area contributed by atoms with Crippen molar-refractivity contribution in [2.75, 3.05) is 13.1 Å². The van der Waals surface area contributed by atoms with E-state index >= 15 is 0 Å². The van der Waals surface area contributed by atoms with Gasteiger partial charge in [-0.1, -0.05) is 6.07 Å². The Morgan fingerprint density at radius 3 is 3.00 bits per heavy atom. The molecule has 2 N–H and O–H groups in total. The number of nitrogens with one attached hydrogen (secondary N) is 2. The first-order valence-corrected chi connectivity index (χ1v) is 7.35. The van der Waals surface area contributed by atoms with E-state index < -0.39 is 0 Å². The molecule has 0 aromatic heterocycles. The minimum absolute atomic E-state index is 0.00391. The molecule has 3 rings (SSSR count). The van der Waals surface area contributed by atoms with Crippen molar-refractivity contribution in [3.05, 3.63) is 34.4 Å². The summed E-state index contributed by atoms with van der Waals surface area (Å²) in [5, 5.41) is 6.45. The maximum atomic E-state index is 11.6. The molecule has 2 unspecified atom stereocenters. The van der Waals surface area contributed by atoms with Gasteiger partial charge in [0.25, 0.3) is 0 Å². The van der Waals surface area contributed by atoms with Crippen molar-refractivity contribution in [3.63, 3.8) is 0 Å². The Kier molecular flexibility index (Phi) is 3.68. The number of hydrogen-bond donors (Lipinski definition) is 2. The van der Waals surface area contributed by atoms with Crippen molar-refractivity contribution in [2.45, 2.75) is 38.8 Å². The summed E-state index contributed by atoms with van der Waals surface area (Å²) < 4.78 is 5.11. The van der Waals surface area contributed by atoms with Crippen molar-refractivity contribution in [3.8, 4) is 0 Å². The number of carbonyl (C=O) groups is 2. The SMILES string of the molecule is CC(=O)NC1CCNCC1c1ccc2c(c1C)COC2=O. The molecule has 1 aromatic carbocycles. The van der Waals surface area contributed by atoms with E-state index in [0.717, 1.165) is 30.6 Å². The number of carbonyl (C=O) groups excluding carboxylic acids is 2. The van der Waals surface area contributed by atoms with Crippen LogP contribution in [-0.4, -0.2) is 31.0 Å². The average Bonchev–Trinajstić information content (AvgIpc) is 2.82. The normalized spacial score (nSPS) is 24.4. The van der Waals surface area contributed by atoms with Crippen molar-refractivity contribution in [2.24, 2.45) is 0 Å². The second-order valence-corrected chi connectivity index (χ2v) is 5.79. The minimum atomic E-state index is -0.236. The molecule has 1 saturated heterocycles. The lowest BCUT2D eigenvalue weighted by Crippen LogP contribution is -2.47. The Morgan fingerprint density at radius 2 is 2.24 bits per heavy atom. The summed E-state index contributed by atoms with van der Waals surface area (Å²) >= 11 is 0. The van der Waals surface area contributed by atoms with Gasteiger partial charge in [-0.25, -0.2) is 4.79 Å². The second kappa shape index (κ2) is 5.48. The number of rotatable bonds is 2. The predicted octanol–water partition coefficient (Wildman–Crippen LogP) is 1.25. The van der Waals surface area contributed by atoms with Crippen LogP contribution in [0.3, 0.4) is 0 Å². The quantitative estimate of drug-likeness (QED) is 0.804. The van der Waals surface area contributed by atoms with Crippen molar-refractivity contribution < 1.29 is 14.3 Å². The number of fused-ring (bicyclic) bond motifs is 1. The van der Waals surface area contributed by atoms with E-state index in [2.05, 4.69) is 10.6 Å². The van der Waals surface area contributed by atoms with Crippen molar-refractivity contribution in [1.29, 1.82) is 0 Å². The van der Waals surface area contributed by atoms with Gasteiger partial charge in [-0.2, -0.15) is 0 Å². The summed E-state index contributed by atoms with van der Waals surface area (Å²) in [5.74, 6) is -0.00675. The first-order chi connectivity index (χ1) is 10.1. The molecule has 21 heavy (non-hydrogen) atoms. The molecule has 0 saturated carbocycles. The lowest BCUT2D eigenvalue weighted by atomic mass is 9.82. The summed E-state index contributed by atoms with van der Waals surface area (Å²) in [7, 11) is 0. The lowest BCUT2D eigenvalue weighted by Gasteiger charge is -2.34. The number of ether oxygens (including phenoxy) is 1. The van der Waals surface area contributed by atoms with Crippen molar-refractivity contribution >= 4 is 11.9 Å². The fourth-order valence-corrected chi connectivity index (χ4v) is 3.39. The van der Waals surface area contributed by atoms with E-state index in [0.29, 0.717) is 12.2 Å². The van der Waals surface area contributed by atoms with Gasteiger partial charge in [0.05, 0.1) is 5.56 Å². The van der Waals surface area contributed by atoms with Gasteiger partial charge < -0.3 is 15.4 Å². The summed E-state index contributed by atoms with van der Waals surface area (Å²) in [6, 6.07) is 4.00. The molecule has 1 fully saturated rings. The average molecular weight is 288 g/mol. The largest absolute Gasteiger partial charge is 0.457 e. The maximum Gasteiger partial charge on any atom is 0.338 e. The van der Waals surface area contributed by atoms with Crippen LogP contribution in [0.15, 0.2) is 12.1 Å². The summed E-state index contributed by atoms with van der Waals surface area (Å²) in [4.78, 5) is 23.0. The molecule has 0 radical (unpaired) electrons. The highest BCUT2D eigenvalue weighted by Crippen LogP contribution is 2.32. The summed E-state index contributed by atoms with van der Waals surface area (Å²) in [5.41, 5.74) is 3.97. The number of hydrogen-bond acceptors (Lipinski definition) is 4. The van der Waals surface area contributed by atoms with Crippen LogP contribution in [0.5, 0.6) is 0 Å². The monoisotopic (exact) mass is 288 g/mol. The fourth-order valence-electron chi connectivity index (χ4n) is 3.39. The van der Waals surface area contributed by atoms with Crippen LogP contribution >= 0.6 is 0 Å². The third-order valence-corrected chi connectivity index (χ3v) is 4.48. The number of esters is 1. The Labute approximate surface area is 124 Å². The zero-order chi connectivity index (χ0) is 15.0. The van der Waals surface area contributed by atoms with E-state index in [1.54, 1.807) is 6.92 Å². The molecule has 0 bridgehead atoms. The van der Waals surface area contributed by atoms with Gasteiger partial charge in [-0.15, -0.1) is 0 Å². The van der Waals surface area contributed by atoms with E-state index in [-0.39, 0.29) is 23.8 Å². The van der Waals surface area contributed by atoms with E-state index in [9.17, 15) is 9.59 Å². The van der Waals surface area contributed by atoms with Gasteiger partial charge in [0.2, 0.25) is 5.91 Å². The molecule has 2 atom stereocenters. The molecular weight excluding hydrogens is 268 g/mol. The molecule has 5 nitrogen and oxygen atoms in total. The highest BCUT2D eigenvalue weighted by Gasteiger charge is 2.31. The number of piperidine rings is 1. The molecule has 0 aliphatic carbocycles. The first kappa shape index (κ1) is 14.1. The zero-order valence-corrected chi connectivity index (χ0v) is 12.4. The van der Waals surface area contributed by atoms with Crippen LogP contribution in [-0.2, 0) is 16.1 Å². The van der Waals surface area contributed by atoms with Gasteiger partial charge in [-0.05, 0) is 37.1 Å². The van der Waals surface area contributed by atoms with Crippen LogP contribution in [0, 0.1) is 6.92 Å². The fraction of sp³-hybridized carbons (Fsp3) is 0.500. The summed E-state index contributed by atoms with van der Waals surface area (Å²) in [6.07, 6.45) is 0.913. The van der Waals surface area contributed by atoms with E-state index in [1.807, 2.05) is 19.1 Å². The molecular formula is C16H20N2O3. The summed E-state index contributed by atoms with van der Waals surface area (Å²) in [6.45, 7) is 5.70. The first-order valence-electron chi connectivity index (χ1n) is 7.35. The third kappa shape index (κ3) is 2.53. The van der Waals surface area contributed by atoms with Gasteiger partial charge >= 0.3 is 5.97 Å². The van der Waals surface area contributed by atoms with Crippen LogP contribution in [0.1, 0.15) is 46.3 Å². The molecule has 112 valence electrons. The van der Waals surface area contributed by atoms with Gasteiger partial charge in [0.15, 0.2) is 0 Å². The van der Waals surface area contributed by atoms with E-state index in [1.165, 1.54) is 5.56 Å². The number of amides is 1. The molecule has 1 amide bonds. The molecule has 2 aliphatic rings. The predicted molar refractivity (Wildman–Crippen MR) is 78.1 cm³/mol. The maximum absolute atomic E-state index is 11.6. The second-order valence-electron chi connectivity index (χ2n) is 5.79. The third-order valence-electron chi connectivity index (χ3n) is 4.48. The van der Waals surface area contributed by atoms with Crippen LogP contribution in [0.4, 0.5) is 0 Å². The van der Waals surface area contributed by atoms with Gasteiger partial charge in [0.1, 0.15) is 6.61 Å². The van der Waals surface area contributed by atoms with Gasteiger partial charge in [0, 0.05) is 31.0 Å². The Bertz CT molecular complexity index is 597. The minimum Gasteiger partial charge on any atom is -0.457 e. The topological polar surface area (TPSA) is 67.4 Å². The smallest absolute Gasteiger partial charge is 0.338 e. The molecule has 1 aromatic rings. The molecule has 2 aliphatic heterocycles.